The molecule has 2 aromatic rings. The second-order valence-electron chi connectivity index (χ2n) is 6.62. The molecule has 1 N–H and O–H groups in total. The van der Waals surface area contributed by atoms with Crippen LogP contribution in [-0.4, -0.2) is 36.3 Å². The summed E-state index contributed by atoms with van der Waals surface area (Å²) in [7, 11) is 1.32. The van der Waals surface area contributed by atoms with E-state index in [-0.39, 0.29) is 11.3 Å². The molecule has 1 atom stereocenters. The van der Waals surface area contributed by atoms with Crippen LogP contribution in [0.1, 0.15) is 35.7 Å². The number of amides is 3. The zero-order chi connectivity index (χ0) is 20.3. The van der Waals surface area contributed by atoms with E-state index >= 15 is 0 Å². The van der Waals surface area contributed by atoms with Gasteiger partial charge in [0.1, 0.15) is 5.54 Å². The molecule has 1 heterocycles. The van der Waals surface area contributed by atoms with Crippen LogP contribution in [0.4, 0.5) is 9.18 Å². The molecule has 0 saturated carbocycles. The summed E-state index contributed by atoms with van der Waals surface area (Å²) in [6.45, 7) is 1.45. The van der Waals surface area contributed by atoms with Crippen LogP contribution >= 0.6 is 0 Å². The molecule has 1 saturated heterocycles. The fourth-order valence-electron chi connectivity index (χ4n) is 3.45. The summed E-state index contributed by atoms with van der Waals surface area (Å²) in [4.78, 5) is 39.2. The van der Waals surface area contributed by atoms with Crippen LogP contribution in [0.25, 0.3) is 0 Å². The van der Waals surface area contributed by atoms with Gasteiger partial charge in [-0.1, -0.05) is 43.7 Å². The number of nitrogens with zero attached hydrogens (tertiary/aromatic N) is 1. The molecule has 3 amide bonds. The van der Waals surface area contributed by atoms with Gasteiger partial charge in [-0.05, 0) is 30.2 Å². The fraction of sp³-hybridized carbons (Fsp3) is 0.286. The monoisotopic (exact) mass is 384 g/mol. The van der Waals surface area contributed by atoms with Gasteiger partial charge in [-0.2, -0.15) is 0 Å². The normalized spacial score (nSPS) is 18.9. The zero-order valence-electron chi connectivity index (χ0n) is 15.7. The Morgan fingerprint density at radius 3 is 2.50 bits per heavy atom. The molecule has 1 aliphatic rings. The first-order valence-corrected chi connectivity index (χ1v) is 8.99. The number of Topliss-reactive ketones (excluding diaryl/α,β-unsaturated/α-hetero) is 1. The summed E-state index contributed by atoms with van der Waals surface area (Å²) in [5.74, 6) is -1.69. The van der Waals surface area contributed by atoms with Crippen molar-refractivity contribution in [2.45, 2.75) is 25.3 Å². The predicted octanol–water partition coefficient (Wildman–Crippen LogP) is 3.26. The minimum Gasteiger partial charge on any atom is -0.494 e. The number of imide groups is 1. The van der Waals surface area contributed by atoms with Crippen LogP contribution in [-0.2, 0) is 10.3 Å². The number of ketones is 1. The molecule has 146 valence electrons. The third-order valence-corrected chi connectivity index (χ3v) is 4.84. The van der Waals surface area contributed by atoms with Crippen molar-refractivity contribution in [2.75, 3.05) is 13.7 Å². The highest BCUT2D eigenvalue weighted by molar-refractivity contribution is 6.11. The highest BCUT2D eigenvalue weighted by atomic mass is 19.1. The van der Waals surface area contributed by atoms with Gasteiger partial charge in [0.05, 0.1) is 13.7 Å². The number of hydrogen-bond donors (Lipinski definition) is 1. The molecular formula is C21H21FN2O4. The van der Waals surface area contributed by atoms with Crippen molar-refractivity contribution in [1.29, 1.82) is 0 Å². The number of nitrogens with one attached hydrogen (secondary N) is 1. The Labute approximate surface area is 162 Å². The zero-order valence-corrected chi connectivity index (χ0v) is 15.7. The number of hydrogen-bond acceptors (Lipinski definition) is 4. The molecule has 7 heteroatoms. The van der Waals surface area contributed by atoms with Gasteiger partial charge in [-0.25, -0.2) is 9.18 Å². The summed E-state index contributed by atoms with van der Waals surface area (Å²) < 4.78 is 18.7. The third-order valence-electron chi connectivity index (χ3n) is 4.84. The van der Waals surface area contributed by atoms with Gasteiger partial charge in [-0.15, -0.1) is 0 Å². The van der Waals surface area contributed by atoms with E-state index in [1.54, 1.807) is 24.3 Å². The Hall–Kier alpha value is -3.22. The molecule has 2 aromatic carbocycles. The van der Waals surface area contributed by atoms with Crippen molar-refractivity contribution < 1.29 is 23.5 Å². The molecular weight excluding hydrogens is 363 g/mol. The first kappa shape index (κ1) is 19.5. The van der Waals surface area contributed by atoms with Crippen molar-refractivity contribution in [3.8, 4) is 5.75 Å². The molecule has 0 bridgehead atoms. The summed E-state index contributed by atoms with van der Waals surface area (Å²) in [5, 5.41) is 2.76. The number of rotatable bonds is 7. The second kappa shape index (κ2) is 7.80. The number of benzene rings is 2. The lowest BCUT2D eigenvalue weighted by Crippen LogP contribution is -2.44. The van der Waals surface area contributed by atoms with E-state index in [2.05, 4.69) is 5.32 Å². The largest absolute Gasteiger partial charge is 0.494 e. The lowest BCUT2D eigenvalue weighted by molar-refractivity contribution is -0.131. The van der Waals surface area contributed by atoms with E-state index < -0.39 is 35.6 Å². The van der Waals surface area contributed by atoms with E-state index in [1.807, 2.05) is 13.0 Å². The standard InChI is InChI=1S/C21H21FN2O4/c1-3-11-21(15-7-5-4-6-8-15)19(26)24(20(27)23-21)13-17(25)14-9-10-18(28-2)16(22)12-14/h4-10,12H,3,11,13H2,1-2H3,(H,23,27)/t21-/m1/s1. The van der Waals surface area contributed by atoms with Crippen LogP contribution in [0.2, 0.25) is 0 Å². The molecule has 1 fully saturated rings. The molecule has 1 aliphatic heterocycles. The van der Waals surface area contributed by atoms with Crippen LogP contribution in [0.15, 0.2) is 48.5 Å². The molecule has 0 spiro atoms. The highest BCUT2D eigenvalue weighted by Crippen LogP contribution is 2.33. The van der Waals surface area contributed by atoms with Gasteiger partial charge < -0.3 is 10.1 Å². The van der Waals surface area contributed by atoms with Crippen molar-refractivity contribution in [3.05, 3.63) is 65.5 Å². The quantitative estimate of drug-likeness (QED) is 0.587. The van der Waals surface area contributed by atoms with E-state index in [0.717, 1.165) is 11.0 Å². The summed E-state index contributed by atoms with van der Waals surface area (Å²) in [6.07, 6.45) is 1.07. The lowest BCUT2D eigenvalue weighted by Gasteiger charge is -2.26. The van der Waals surface area contributed by atoms with Crippen molar-refractivity contribution in [3.63, 3.8) is 0 Å². The van der Waals surface area contributed by atoms with Gasteiger partial charge in [-0.3, -0.25) is 14.5 Å². The molecule has 28 heavy (non-hydrogen) atoms. The first-order chi connectivity index (χ1) is 13.4. The smallest absolute Gasteiger partial charge is 0.325 e. The van der Waals surface area contributed by atoms with E-state index in [0.29, 0.717) is 18.4 Å². The Balaban J connectivity index is 1.87. The molecule has 6 nitrogen and oxygen atoms in total. The van der Waals surface area contributed by atoms with Crippen LogP contribution in [0, 0.1) is 5.82 Å². The Kier molecular flexibility index (Phi) is 5.44. The molecule has 0 unspecified atom stereocenters. The maximum absolute atomic E-state index is 13.9. The molecule has 3 rings (SSSR count). The SMILES string of the molecule is CCC[C@]1(c2ccccc2)NC(=O)N(CC(=O)c2ccc(OC)c(F)c2)C1=O. The van der Waals surface area contributed by atoms with E-state index in [9.17, 15) is 18.8 Å². The summed E-state index contributed by atoms with van der Waals surface area (Å²) in [6, 6.07) is 12.1. The Bertz CT molecular complexity index is 916. The minimum absolute atomic E-state index is 0.0117. The van der Waals surface area contributed by atoms with Crippen LogP contribution < -0.4 is 10.1 Å². The number of carbonyl (C=O) groups excluding carboxylic acids is 3. The van der Waals surface area contributed by atoms with Gasteiger partial charge in [0.25, 0.3) is 5.91 Å². The average molecular weight is 384 g/mol. The van der Waals surface area contributed by atoms with Crippen LogP contribution in [0.5, 0.6) is 5.75 Å². The predicted molar refractivity (Wildman–Crippen MR) is 101 cm³/mol. The van der Waals surface area contributed by atoms with Gasteiger partial charge >= 0.3 is 6.03 Å². The summed E-state index contributed by atoms with van der Waals surface area (Å²) >= 11 is 0. The summed E-state index contributed by atoms with van der Waals surface area (Å²) in [5.41, 5.74) is -0.467. The molecule has 0 aromatic heterocycles. The third kappa shape index (κ3) is 3.35. The van der Waals surface area contributed by atoms with Gasteiger partial charge in [0, 0.05) is 5.56 Å². The van der Waals surface area contributed by atoms with Crippen molar-refractivity contribution >= 4 is 17.7 Å². The van der Waals surface area contributed by atoms with E-state index in [1.165, 1.54) is 19.2 Å². The number of urea groups is 1. The molecule has 0 radical (unpaired) electrons. The highest BCUT2D eigenvalue weighted by Gasteiger charge is 2.52. The second-order valence-corrected chi connectivity index (χ2v) is 6.62. The number of halogens is 1. The Morgan fingerprint density at radius 2 is 1.89 bits per heavy atom. The maximum Gasteiger partial charge on any atom is 0.325 e. The average Bonchev–Trinajstić information content (AvgIpc) is 2.94. The van der Waals surface area contributed by atoms with E-state index in [4.69, 9.17) is 4.74 Å². The number of ether oxygens (including phenoxy) is 1. The number of methoxy groups -OCH3 is 1. The van der Waals surface area contributed by atoms with Crippen LogP contribution in [0.3, 0.4) is 0 Å². The van der Waals surface area contributed by atoms with Gasteiger partial charge in [0.2, 0.25) is 0 Å². The van der Waals surface area contributed by atoms with Gasteiger partial charge in [0.15, 0.2) is 17.3 Å². The fourth-order valence-corrected chi connectivity index (χ4v) is 3.45. The molecule has 0 aliphatic carbocycles. The first-order valence-electron chi connectivity index (χ1n) is 8.99. The lowest BCUT2D eigenvalue weighted by atomic mass is 9.85. The number of carbonyl (C=O) groups is 3. The van der Waals surface area contributed by atoms with Crippen molar-refractivity contribution in [1.82, 2.24) is 10.2 Å². The maximum atomic E-state index is 13.9. The van der Waals surface area contributed by atoms with Crippen molar-refractivity contribution in [2.24, 2.45) is 0 Å². The Morgan fingerprint density at radius 1 is 1.18 bits per heavy atom. The minimum atomic E-state index is -1.20. The topological polar surface area (TPSA) is 75.7 Å².